The van der Waals surface area contributed by atoms with Crippen molar-refractivity contribution in [3.8, 4) is 0 Å². The van der Waals surface area contributed by atoms with E-state index in [0.29, 0.717) is 5.92 Å². The van der Waals surface area contributed by atoms with Crippen molar-refractivity contribution in [2.45, 2.75) is 12.3 Å². The first-order valence-corrected chi connectivity index (χ1v) is 4.98. The number of halogens is 1. The summed E-state index contributed by atoms with van der Waals surface area (Å²) >= 11 is 3.38. The highest BCUT2D eigenvalue weighted by Crippen LogP contribution is 2.21. The van der Waals surface area contributed by atoms with Crippen LogP contribution in [0.5, 0.6) is 0 Å². The Bertz CT molecular complexity index is 252. The first-order chi connectivity index (χ1) is 5.86. The molecule has 0 radical (unpaired) electrons. The van der Waals surface area contributed by atoms with E-state index in [0.717, 1.165) is 17.6 Å². The Hall–Kier alpha value is -0.410. The number of nitrogens with zero attached hydrogens (tertiary/aromatic N) is 1. The van der Waals surface area contributed by atoms with E-state index in [-0.39, 0.29) is 0 Å². The lowest BCUT2D eigenvalue weighted by atomic mass is 10.0. The molecule has 64 valence electrons. The molecule has 2 rings (SSSR count). The molecular weight excluding hydrogens is 216 g/mol. The average Bonchev–Trinajstić information content (AvgIpc) is 2.58. The topological polar surface area (TPSA) is 24.9 Å². The molecule has 0 unspecified atom stereocenters. The van der Waals surface area contributed by atoms with E-state index in [9.17, 15) is 0 Å². The Morgan fingerprint density at radius 1 is 1.50 bits per heavy atom. The third-order valence-electron chi connectivity index (χ3n) is 2.23. The lowest BCUT2D eigenvalue weighted by Crippen LogP contribution is -2.08. The fourth-order valence-corrected chi connectivity index (χ4v) is 1.77. The van der Waals surface area contributed by atoms with E-state index < -0.39 is 0 Å². The van der Waals surface area contributed by atoms with Gasteiger partial charge in [0.2, 0.25) is 0 Å². The molecule has 1 N–H and O–H groups in total. The molecule has 1 aromatic rings. The van der Waals surface area contributed by atoms with Crippen molar-refractivity contribution >= 4 is 15.9 Å². The quantitative estimate of drug-likeness (QED) is 0.792. The zero-order valence-corrected chi connectivity index (χ0v) is 8.34. The summed E-state index contributed by atoms with van der Waals surface area (Å²) in [6.45, 7) is 2.21. The van der Waals surface area contributed by atoms with Crippen molar-refractivity contribution < 1.29 is 0 Å². The first kappa shape index (κ1) is 8.20. The van der Waals surface area contributed by atoms with E-state index in [1.807, 2.05) is 6.20 Å². The fraction of sp³-hybridized carbons (Fsp3) is 0.444. The van der Waals surface area contributed by atoms with Gasteiger partial charge in [-0.15, -0.1) is 0 Å². The van der Waals surface area contributed by atoms with Gasteiger partial charge in [0.1, 0.15) is 0 Å². The second-order valence-electron chi connectivity index (χ2n) is 3.09. The number of hydrogen-bond acceptors (Lipinski definition) is 2. The maximum absolute atomic E-state index is 4.37. The van der Waals surface area contributed by atoms with Crippen molar-refractivity contribution in [1.29, 1.82) is 0 Å². The van der Waals surface area contributed by atoms with E-state index >= 15 is 0 Å². The van der Waals surface area contributed by atoms with E-state index in [1.165, 1.54) is 12.1 Å². The Kier molecular flexibility index (Phi) is 2.42. The zero-order chi connectivity index (χ0) is 8.39. The number of hydrogen-bond donors (Lipinski definition) is 1. The van der Waals surface area contributed by atoms with Gasteiger partial charge in [0, 0.05) is 28.8 Å². The monoisotopic (exact) mass is 226 g/mol. The minimum atomic E-state index is 0.623. The van der Waals surface area contributed by atoms with Crippen LogP contribution in [0.25, 0.3) is 0 Å². The molecule has 3 heteroatoms. The summed E-state index contributed by atoms with van der Waals surface area (Å²) in [5.74, 6) is 0.623. The highest BCUT2D eigenvalue weighted by atomic mass is 79.9. The smallest absolute Gasteiger partial charge is 0.0448 e. The third kappa shape index (κ3) is 1.67. The second-order valence-corrected chi connectivity index (χ2v) is 4.01. The Morgan fingerprint density at radius 2 is 2.42 bits per heavy atom. The predicted octanol–water partition coefficient (Wildman–Crippen LogP) is 1.92. The molecule has 12 heavy (non-hydrogen) atoms. The van der Waals surface area contributed by atoms with Crippen LogP contribution in [0.15, 0.2) is 22.8 Å². The molecule has 1 aliphatic rings. The van der Waals surface area contributed by atoms with Crippen LogP contribution in [0.3, 0.4) is 0 Å². The van der Waals surface area contributed by atoms with Crippen molar-refractivity contribution in [2.75, 3.05) is 13.1 Å². The normalized spacial score (nSPS) is 22.9. The molecule has 2 nitrogen and oxygen atoms in total. The van der Waals surface area contributed by atoms with Gasteiger partial charge in [-0.2, -0.15) is 0 Å². The summed E-state index contributed by atoms with van der Waals surface area (Å²) < 4.78 is 1.05. The van der Waals surface area contributed by atoms with Crippen molar-refractivity contribution in [3.63, 3.8) is 0 Å². The van der Waals surface area contributed by atoms with Gasteiger partial charge in [-0.05, 0) is 41.0 Å². The fourth-order valence-electron chi connectivity index (χ4n) is 1.54. The molecular formula is C9H11BrN2. The average molecular weight is 227 g/mol. The molecule has 1 saturated heterocycles. The maximum Gasteiger partial charge on any atom is 0.0448 e. The van der Waals surface area contributed by atoms with Crippen LogP contribution in [0.2, 0.25) is 0 Å². The van der Waals surface area contributed by atoms with E-state index in [4.69, 9.17) is 0 Å². The zero-order valence-electron chi connectivity index (χ0n) is 6.76. The summed E-state index contributed by atoms with van der Waals surface area (Å²) in [4.78, 5) is 4.37. The van der Waals surface area contributed by atoms with Crippen LogP contribution in [0.1, 0.15) is 18.0 Å². The van der Waals surface area contributed by atoms with Crippen LogP contribution in [0, 0.1) is 0 Å². The molecule has 2 heterocycles. The van der Waals surface area contributed by atoms with Crippen LogP contribution < -0.4 is 5.32 Å². The number of aromatic nitrogens is 1. The van der Waals surface area contributed by atoms with Crippen molar-refractivity contribution in [3.05, 3.63) is 28.5 Å². The van der Waals surface area contributed by atoms with Gasteiger partial charge in [-0.3, -0.25) is 4.98 Å². The molecule has 0 aromatic carbocycles. The van der Waals surface area contributed by atoms with Gasteiger partial charge in [-0.1, -0.05) is 0 Å². The molecule has 1 aliphatic heterocycles. The summed E-state index contributed by atoms with van der Waals surface area (Å²) in [6, 6.07) is 4.16. The number of pyridine rings is 1. The van der Waals surface area contributed by atoms with E-state index in [2.05, 4.69) is 38.4 Å². The summed E-state index contributed by atoms with van der Waals surface area (Å²) in [5.41, 5.74) is 1.21. The summed E-state index contributed by atoms with van der Waals surface area (Å²) in [7, 11) is 0. The molecule has 1 aromatic heterocycles. The molecule has 1 fully saturated rings. The molecule has 1 atom stereocenters. The predicted molar refractivity (Wildman–Crippen MR) is 52.2 cm³/mol. The van der Waals surface area contributed by atoms with Gasteiger partial charge in [0.05, 0.1) is 0 Å². The third-order valence-corrected chi connectivity index (χ3v) is 2.70. The lowest BCUT2D eigenvalue weighted by Gasteiger charge is -2.06. The molecule has 0 saturated carbocycles. The number of rotatable bonds is 1. The van der Waals surface area contributed by atoms with E-state index in [1.54, 1.807) is 0 Å². The minimum absolute atomic E-state index is 0.623. The summed E-state index contributed by atoms with van der Waals surface area (Å²) in [6.07, 6.45) is 3.09. The van der Waals surface area contributed by atoms with Crippen molar-refractivity contribution in [2.24, 2.45) is 0 Å². The lowest BCUT2D eigenvalue weighted by molar-refractivity contribution is 0.734. The van der Waals surface area contributed by atoms with Gasteiger partial charge >= 0.3 is 0 Å². The Balaban J connectivity index is 2.17. The molecule has 0 amide bonds. The second kappa shape index (κ2) is 3.54. The first-order valence-electron chi connectivity index (χ1n) is 4.18. The van der Waals surface area contributed by atoms with Crippen molar-refractivity contribution in [1.82, 2.24) is 10.3 Å². The molecule has 0 spiro atoms. The largest absolute Gasteiger partial charge is 0.316 e. The maximum atomic E-state index is 4.37. The van der Waals surface area contributed by atoms with Gasteiger partial charge < -0.3 is 5.32 Å². The highest BCUT2D eigenvalue weighted by molar-refractivity contribution is 9.10. The Labute approximate surface area is 80.5 Å². The van der Waals surface area contributed by atoms with Gasteiger partial charge in [0.25, 0.3) is 0 Å². The molecule has 0 bridgehead atoms. The highest BCUT2D eigenvalue weighted by Gasteiger charge is 2.16. The van der Waals surface area contributed by atoms with Gasteiger partial charge in [0.15, 0.2) is 0 Å². The minimum Gasteiger partial charge on any atom is -0.316 e. The van der Waals surface area contributed by atoms with Crippen LogP contribution in [-0.4, -0.2) is 18.1 Å². The Morgan fingerprint density at radius 3 is 3.00 bits per heavy atom. The standard InChI is InChI=1S/C9H11BrN2/c10-8-1-2-9(12-6-8)7-3-4-11-5-7/h1-2,6-7,11H,3-5H2/t7-/m1/s1. The van der Waals surface area contributed by atoms with Gasteiger partial charge in [-0.25, -0.2) is 0 Å². The van der Waals surface area contributed by atoms with Crippen LogP contribution >= 0.6 is 15.9 Å². The SMILES string of the molecule is Brc1ccc([C@@H]2CCNC2)nc1. The number of nitrogens with one attached hydrogen (secondary N) is 1. The van der Waals surface area contributed by atoms with Crippen LogP contribution in [0.4, 0.5) is 0 Å². The summed E-state index contributed by atoms with van der Waals surface area (Å²) in [5, 5.41) is 3.33. The molecule has 0 aliphatic carbocycles. The van der Waals surface area contributed by atoms with Crippen LogP contribution in [-0.2, 0) is 0 Å².